The minimum atomic E-state index is -2.55. The lowest BCUT2D eigenvalue weighted by atomic mass is 10.1. The first-order chi connectivity index (χ1) is 7.56. The van der Waals surface area contributed by atoms with Crippen molar-refractivity contribution in [1.29, 1.82) is 0 Å². The van der Waals surface area contributed by atoms with Crippen molar-refractivity contribution in [2.45, 2.75) is 21.1 Å². The molecule has 0 aromatic rings. The van der Waals surface area contributed by atoms with Gasteiger partial charge >= 0.3 is 0 Å². The molecular weight excluding hydrogens is 478 g/mol. The van der Waals surface area contributed by atoms with Crippen molar-refractivity contribution in [3.63, 3.8) is 0 Å². The molecule has 0 aliphatic heterocycles. The lowest BCUT2D eigenvalue weighted by Crippen LogP contribution is -2.62. The van der Waals surface area contributed by atoms with E-state index in [0.717, 1.165) is 0 Å². The van der Waals surface area contributed by atoms with Gasteiger partial charge in [-0.15, -0.1) is 0 Å². The van der Waals surface area contributed by atoms with Crippen LogP contribution in [-0.2, 0) is 0 Å². The van der Waals surface area contributed by atoms with E-state index >= 15 is 0 Å². The first kappa shape index (κ1) is 21.1. The Balaban J connectivity index is 5.80. The zero-order valence-electron chi connectivity index (χ0n) is 7.81. The molecule has 0 saturated heterocycles. The standard InChI is InChI=1S/C6H3Cl11O/c7-2(8,1-18)3(9,10)4(11,12)5(13,14)6(15,16)17/h18H,1H2. The lowest BCUT2D eigenvalue weighted by molar-refractivity contribution is 0.263. The van der Waals surface area contributed by atoms with Crippen LogP contribution in [0, 0.1) is 0 Å². The minimum Gasteiger partial charge on any atom is -0.393 e. The molecule has 0 radical (unpaired) electrons. The van der Waals surface area contributed by atoms with Crippen LogP contribution in [0.15, 0.2) is 0 Å². The monoisotopic (exact) mass is 476 g/mol. The van der Waals surface area contributed by atoms with Gasteiger partial charge in [-0.3, -0.25) is 0 Å². The van der Waals surface area contributed by atoms with Gasteiger partial charge < -0.3 is 5.11 Å². The molecule has 0 atom stereocenters. The normalized spacial score (nSPS) is 16.0. The van der Waals surface area contributed by atoms with E-state index in [1.165, 1.54) is 0 Å². The summed E-state index contributed by atoms with van der Waals surface area (Å²) in [5.41, 5.74) is 0. The maximum atomic E-state index is 9.03. The zero-order valence-corrected chi connectivity index (χ0v) is 16.1. The van der Waals surface area contributed by atoms with Crippen LogP contribution in [0.1, 0.15) is 0 Å². The second kappa shape index (κ2) is 6.34. The van der Waals surface area contributed by atoms with Gasteiger partial charge in [0.25, 0.3) is 0 Å². The maximum Gasteiger partial charge on any atom is 0.226 e. The Morgan fingerprint density at radius 2 is 0.889 bits per heavy atom. The third kappa shape index (κ3) is 3.55. The van der Waals surface area contributed by atoms with Crippen molar-refractivity contribution in [1.82, 2.24) is 0 Å². The molecule has 18 heavy (non-hydrogen) atoms. The summed E-state index contributed by atoms with van der Waals surface area (Å²) in [5.74, 6) is 0. The molecule has 0 saturated carbocycles. The van der Waals surface area contributed by atoms with Crippen LogP contribution in [0.4, 0.5) is 0 Å². The fourth-order valence-electron chi connectivity index (χ4n) is 0.704. The highest BCUT2D eigenvalue weighted by Crippen LogP contribution is 2.66. The Kier molecular flexibility index (Phi) is 7.45. The van der Waals surface area contributed by atoms with E-state index in [4.69, 9.17) is 133 Å². The molecule has 1 N–H and O–H groups in total. The van der Waals surface area contributed by atoms with Crippen LogP contribution >= 0.6 is 128 Å². The highest BCUT2D eigenvalue weighted by molar-refractivity contribution is 6.81. The fraction of sp³-hybridized carbons (Fsp3) is 1.00. The molecule has 0 rings (SSSR count). The number of hydrogen-bond donors (Lipinski definition) is 1. The first-order valence-electron chi connectivity index (χ1n) is 3.75. The zero-order chi connectivity index (χ0) is 15.2. The van der Waals surface area contributed by atoms with Crippen molar-refractivity contribution >= 4 is 128 Å². The highest BCUT2D eigenvalue weighted by atomic mass is 35.6. The fourth-order valence-corrected chi connectivity index (χ4v) is 3.38. The molecule has 1 nitrogen and oxygen atoms in total. The van der Waals surface area contributed by atoms with E-state index < -0.39 is 27.7 Å². The third-order valence-corrected chi connectivity index (χ3v) is 8.68. The molecule has 0 spiro atoms. The number of aliphatic hydroxyl groups excluding tert-OH is 1. The van der Waals surface area contributed by atoms with Gasteiger partial charge in [0, 0.05) is 0 Å². The van der Waals surface area contributed by atoms with Gasteiger partial charge in [0.1, 0.15) is 0 Å². The molecule has 0 unspecified atom stereocenters. The number of aliphatic hydroxyl groups is 1. The second-order valence-corrected chi connectivity index (χ2v) is 10.8. The molecule has 0 amide bonds. The molecule has 0 heterocycles. The summed E-state index contributed by atoms with van der Waals surface area (Å²) >= 11 is 63.0. The summed E-state index contributed by atoms with van der Waals surface area (Å²) in [4.78, 5) is 0. The Morgan fingerprint density at radius 3 is 1.11 bits per heavy atom. The maximum absolute atomic E-state index is 9.03. The van der Waals surface area contributed by atoms with E-state index in [1.54, 1.807) is 0 Å². The summed E-state index contributed by atoms with van der Waals surface area (Å²) < 4.78 is -12.1. The second-order valence-electron chi connectivity index (χ2n) is 3.08. The molecule has 0 aromatic carbocycles. The van der Waals surface area contributed by atoms with Crippen molar-refractivity contribution in [2.24, 2.45) is 0 Å². The smallest absolute Gasteiger partial charge is 0.226 e. The topological polar surface area (TPSA) is 20.2 Å². The third-order valence-electron chi connectivity index (χ3n) is 1.80. The van der Waals surface area contributed by atoms with Crippen LogP contribution in [0.2, 0.25) is 0 Å². The molecule has 0 aliphatic rings. The van der Waals surface area contributed by atoms with Crippen LogP contribution in [0.5, 0.6) is 0 Å². The van der Waals surface area contributed by atoms with Gasteiger partial charge in [-0.25, -0.2) is 0 Å². The molecule has 0 aliphatic carbocycles. The highest BCUT2D eigenvalue weighted by Gasteiger charge is 2.73. The summed E-state index contributed by atoms with van der Waals surface area (Å²) in [7, 11) is 0. The predicted octanol–water partition coefficient (Wildman–Crippen LogP) is 6.04. The summed E-state index contributed by atoms with van der Waals surface area (Å²) in [6, 6.07) is 0. The number of halogens is 11. The Labute approximate surface area is 159 Å². The Hall–Kier alpha value is 3.15. The molecule has 0 fully saturated rings. The Morgan fingerprint density at radius 1 is 0.556 bits per heavy atom. The van der Waals surface area contributed by atoms with E-state index in [9.17, 15) is 0 Å². The average molecular weight is 481 g/mol. The predicted molar refractivity (Wildman–Crippen MR) is 85.1 cm³/mol. The minimum absolute atomic E-state index is 0.923. The molecule has 12 heteroatoms. The number of hydrogen-bond acceptors (Lipinski definition) is 1. The van der Waals surface area contributed by atoms with E-state index in [0.29, 0.717) is 0 Å². The van der Waals surface area contributed by atoms with Crippen LogP contribution in [-0.4, -0.2) is 32.8 Å². The van der Waals surface area contributed by atoms with Crippen molar-refractivity contribution < 1.29 is 5.11 Å². The summed E-state index contributed by atoms with van der Waals surface area (Å²) in [6.45, 7) is -0.923. The van der Waals surface area contributed by atoms with E-state index in [-0.39, 0.29) is 0 Å². The molecule has 110 valence electrons. The van der Waals surface area contributed by atoms with E-state index in [2.05, 4.69) is 0 Å². The van der Waals surface area contributed by atoms with Crippen LogP contribution in [0.25, 0.3) is 0 Å². The summed E-state index contributed by atoms with van der Waals surface area (Å²) in [6.07, 6.45) is 0. The van der Waals surface area contributed by atoms with Crippen LogP contribution < -0.4 is 0 Å². The lowest BCUT2D eigenvalue weighted by Gasteiger charge is -2.47. The Bertz CT molecular complexity index is 303. The largest absolute Gasteiger partial charge is 0.393 e. The quantitative estimate of drug-likeness (QED) is 0.486. The van der Waals surface area contributed by atoms with Gasteiger partial charge in [-0.1, -0.05) is 128 Å². The van der Waals surface area contributed by atoms with Gasteiger partial charge in [-0.2, -0.15) is 0 Å². The van der Waals surface area contributed by atoms with Crippen molar-refractivity contribution in [3.05, 3.63) is 0 Å². The summed E-state index contributed by atoms with van der Waals surface area (Å²) in [5, 5.41) is 9.03. The number of rotatable bonds is 4. The SMILES string of the molecule is OCC(Cl)(Cl)C(Cl)(Cl)C(Cl)(Cl)C(Cl)(Cl)C(Cl)(Cl)Cl. The van der Waals surface area contributed by atoms with Crippen molar-refractivity contribution in [3.8, 4) is 0 Å². The van der Waals surface area contributed by atoms with Gasteiger partial charge in [-0.05, 0) is 0 Å². The van der Waals surface area contributed by atoms with Gasteiger partial charge in [0.2, 0.25) is 8.13 Å². The molecule has 0 aromatic heterocycles. The van der Waals surface area contributed by atoms with Crippen LogP contribution in [0.3, 0.4) is 0 Å². The van der Waals surface area contributed by atoms with Gasteiger partial charge in [0.15, 0.2) is 13.0 Å². The average Bonchev–Trinajstić information content (AvgIpc) is 2.15. The molecular formula is C6H3Cl11O. The first-order valence-corrected chi connectivity index (χ1v) is 7.91. The molecule has 0 bridgehead atoms. The van der Waals surface area contributed by atoms with E-state index in [1.807, 2.05) is 0 Å². The van der Waals surface area contributed by atoms with Gasteiger partial charge in [0.05, 0.1) is 6.61 Å². The van der Waals surface area contributed by atoms with Crippen molar-refractivity contribution in [2.75, 3.05) is 6.61 Å². The number of alkyl halides is 11.